The standard InChI is InChI=1S/C25H26N4O5S/c1-3-33-19-11-16(9-10-18(19)34-13-20(26)30)17-12-21(31)27-23-22(17)24(32)28-25(29(23)2)35-14-15-7-5-4-6-8-15/h4-11,17H,3,12-14H2,1-2H3,(H2,26,30)(H,27,31)/t17-/m0/s1. The highest BCUT2D eigenvalue weighted by atomic mass is 32.2. The van der Waals surface area contributed by atoms with Crippen LogP contribution in [0.2, 0.25) is 0 Å². The Bertz CT molecular complexity index is 1310. The Morgan fingerprint density at radius 2 is 1.94 bits per heavy atom. The van der Waals surface area contributed by atoms with Crippen molar-refractivity contribution >= 4 is 29.4 Å². The number of hydrogen-bond acceptors (Lipinski definition) is 7. The van der Waals surface area contributed by atoms with Gasteiger partial charge in [-0.3, -0.25) is 14.4 Å². The van der Waals surface area contributed by atoms with E-state index < -0.39 is 11.8 Å². The summed E-state index contributed by atoms with van der Waals surface area (Å²) in [5.74, 6) is 0.519. The number of ether oxygens (including phenoxy) is 2. The highest BCUT2D eigenvalue weighted by molar-refractivity contribution is 7.98. The first kappa shape index (κ1) is 24.3. The molecule has 0 fully saturated rings. The van der Waals surface area contributed by atoms with Crippen molar-refractivity contribution in [3.05, 3.63) is 75.6 Å². The van der Waals surface area contributed by atoms with Crippen LogP contribution in [0.1, 0.15) is 36.0 Å². The van der Waals surface area contributed by atoms with Crippen LogP contribution in [0.5, 0.6) is 11.5 Å². The van der Waals surface area contributed by atoms with Crippen LogP contribution in [0.3, 0.4) is 0 Å². The third-order valence-electron chi connectivity index (χ3n) is 5.55. The molecule has 2 heterocycles. The van der Waals surface area contributed by atoms with Crippen LogP contribution < -0.4 is 26.1 Å². The van der Waals surface area contributed by atoms with Crippen LogP contribution in [0.25, 0.3) is 0 Å². The molecule has 1 atom stereocenters. The first-order valence-corrected chi connectivity index (χ1v) is 12.1. The van der Waals surface area contributed by atoms with Gasteiger partial charge in [0.2, 0.25) is 5.91 Å². The summed E-state index contributed by atoms with van der Waals surface area (Å²) in [7, 11) is 1.79. The molecule has 0 spiro atoms. The number of primary amides is 1. The van der Waals surface area contributed by atoms with Crippen LogP contribution in [-0.4, -0.2) is 34.6 Å². The van der Waals surface area contributed by atoms with Crippen molar-refractivity contribution in [2.24, 2.45) is 12.8 Å². The van der Waals surface area contributed by atoms with E-state index >= 15 is 0 Å². The minimum atomic E-state index is -0.607. The number of benzene rings is 2. The molecule has 4 rings (SSSR count). The number of thioether (sulfide) groups is 1. The molecule has 35 heavy (non-hydrogen) atoms. The fourth-order valence-corrected chi connectivity index (χ4v) is 4.87. The average Bonchev–Trinajstić information content (AvgIpc) is 2.84. The second kappa shape index (κ2) is 10.6. The molecule has 2 amide bonds. The van der Waals surface area contributed by atoms with Crippen molar-refractivity contribution in [1.29, 1.82) is 0 Å². The Labute approximate surface area is 206 Å². The molecular formula is C25H26N4O5S. The molecule has 182 valence electrons. The first-order chi connectivity index (χ1) is 16.9. The quantitative estimate of drug-likeness (QED) is 0.346. The lowest BCUT2D eigenvalue weighted by Crippen LogP contribution is -2.33. The topological polar surface area (TPSA) is 126 Å². The number of rotatable bonds is 9. The van der Waals surface area contributed by atoms with Crippen molar-refractivity contribution in [2.75, 3.05) is 18.5 Å². The Balaban J connectivity index is 1.69. The third kappa shape index (κ3) is 5.48. The number of nitrogens with one attached hydrogen (secondary N) is 1. The van der Waals surface area contributed by atoms with E-state index in [0.717, 1.165) is 5.56 Å². The van der Waals surface area contributed by atoms with E-state index in [4.69, 9.17) is 15.2 Å². The highest BCUT2D eigenvalue weighted by Crippen LogP contribution is 2.39. The molecular weight excluding hydrogens is 468 g/mol. The Morgan fingerprint density at radius 1 is 1.17 bits per heavy atom. The van der Waals surface area contributed by atoms with Gasteiger partial charge in [0.15, 0.2) is 23.3 Å². The van der Waals surface area contributed by atoms with E-state index in [-0.39, 0.29) is 24.5 Å². The molecule has 0 saturated heterocycles. The normalized spacial score (nSPS) is 14.7. The predicted molar refractivity (Wildman–Crippen MR) is 133 cm³/mol. The van der Waals surface area contributed by atoms with Crippen molar-refractivity contribution in [3.8, 4) is 11.5 Å². The lowest BCUT2D eigenvalue weighted by Gasteiger charge is -2.28. The van der Waals surface area contributed by atoms with Gasteiger partial charge >= 0.3 is 0 Å². The maximum atomic E-state index is 13.2. The first-order valence-electron chi connectivity index (χ1n) is 11.1. The molecule has 1 aromatic heterocycles. The maximum absolute atomic E-state index is 13.2. The number of anilines is 1. The molecule has 3 N–H and O–H groups in total. The Hall–Kier alpha value is -3.79. The number of nitrogens with zero attached hydrogens (tertiary/aromatic N) is 2. The number of nitrogens with two attached hydrogens (primary N) is 1. The molecule has 0 unspecified atom stereocenters. The molecule has 0 aliphatic carbocycles. The zero-order valence-electron chi connectivity index (χ0n) is 19.4. The molecule has 0 saturated carbocycles. The number of amides is 2. The number of aromatic nitrogens is 2. The van der Waals surface area contributed by atoms with Gasteiger partial charge in [0.25, 0.3) is 11.5 Å². The summed E-state index contributed by atoms with van der Waals surface area (Å²) in [6.07, 6.45) is 0.0908. The molecule has 1 aliphatic heterocycles. The number of carbonyl (C=O) groups excluding carboxylic acids is 2. The van der Waals surface area contributed by atoms with E-state index in [9.17, 15) is 14.4 Å². The summed E-state index contributed by atoms with van der Waals surface area (Å²) in [5, 5.41) is 3.37. The van der Waals surface area contributed by atoms with Gasteiger partial charge in [-0.05, 0) is 30.2 Å². The summed E-state index contributed by atoms with van der Waals surface area (Å²) >= 11 is 1.43. The Morgan fingerprint density at radius 3 is 2.66 bits per heavy atom. The van der Waals surface area contributed by atoms with E-state index in [0.29, 0.717) is 46.0 Å². The second-order valence-corrected chi connectivity index (χ2v) is 8.94. The SMILES string of the molecule is CCOc1cc([C@@H]2CC(=O)Nc3c2c(=O)nc(SCc2ccccc2)n3C)ccc1OCC(N)=O. The van der Waals surface area contributed by atoms with Gasteiger partial charge in [0.05, 0.1) is 12.2 Å². The monoisotopic (exact) mass is 494 g/mol. The lowest BCUT2D eigenvalue weighted by atomic mass is 9.86. The number of hydrogen-bond donors (Lipinski definition) is 2. The van der Waals surface area contributed by atoms with Crippen molar-refractivity contribution < 1.29 is 19.1 Å². The summed E-state index contributed by atoms with van der Waals surface area (Å²) in [6, 6.07) is 15.0. The van der Waals surface area contributed by atoms with Crippen LogP contribution in [0.15, 0.2) is 58.5 Å². The van der Waals surface area contributed by atoms with Gasteiger partial charge < -0.3 is 25.1 Å². The van der Waals surface area contributed by atoms with Gasteiger partial charge in [-0.2, -0.15) is 4.98 Å². The molecule has 3 aromatic rings. The van der Waals surface area contributed by atoms with Gasteiger partial charge in [-0.1, -0.05) is 48.2 Å². The van der Waals surface area contributed by atoms with Gasteiger partial charge in [0.1, 0.15) is 5.82 Å². The smallest absolute Gasteiger partial charge is 0.279 e. The summed E-state index contributed by atoms with van der Waals surface area (Å²) in [5.41, 5.74) is 7.03. The van der Waals surface area contributed by atoms with E-state index in [2.05, 4.69) is 10.3 Å². The number of fused-ring (bicyclic) bond motifs is 1. The van der Waals surface area contributed by atoms with E-state index in [1.807, 2.05) is 37.3 Å². The summed E-state index contributed by atoms with van der Waals surface area (Å²) in [6.45, 7) is 1.90. The van der Waals surface area contributed by atoms with Crippen molar-refractivity contribution in [1.82, 2.24) is 9.55 Å². The van der Waals surface area contributed by atoms with Crippen molar-refractivity contribution in [3.63, 3.8) is 0 Å². The molecule has 0 bridgehead atoms. The molecule has 0 radical (unpaired) electrons. The molecule has 2 aromatic carbocycles. The average molecular weight is 495 g/mol. The van der Waals surface area contributed by atoms with Gasteiger partial charge in [-0.25, -0.2) is 0 Å². The zero-order valence-corrected chi connectivity index (χ0v) is 20.3. The maximum Gasteiger partial charge on any atom is 0.279 e. The number of carbonyl (C=O) groups is 2. The minimum absolute atomic E-state index is 0.0908. The third-order valence-corrected chi connectivity index (χ3v) is 6.65. The van der Waals surface area contributed by atoms with E-state index in [1.54, 1.807) is 29.8 Å². The predicted octanol–water partition coefficient (Wildman–Crippen LogP) is 2.81. The van der Waals surface area contributed by atoms with Crippen LogP contribution in [0.4, 0.5) is 5.82 Å². The Kier molecular flexibility index (Phi) is 7.40. The van der Waals surface area contributed by atoms with Crippen LogP contribution in [-0.2, 0) is 22.4 Å². The van der Waals surface area contributed by atoms with Crippen molar-refractivity contribution in [2.45, 2.75) is 30.2 Å². The minimum Gasteiger partial charge on any atom is -0.490 e. The molecule has 10 heteroatoms. The van der Waals surface area contributed by atoms with E-state index in [1.165, 1.54) is 11.8 Å². The second-order valence-electron chi connectivity index (χ2n) is 7.99. The van der Waals surface area contributed by atoms with Gasteiger partial charge in [-0.15, -0.1) is 0 Å². The molecule has 9 nitrogen and oxygen atoms in total. The highest BCUT2D eigenvalue weighted by Gasteiger charge is 2.32. The molecule has 1 aliphatic rings. The lowest BCUT2D eigenvalue weighted by molar-refractivity contribution is -0.120. The largest absolute Gasteiger partial charge is 0.490 e. The van der Waals surface area contributed by atoms with Gasteiger partial charge in [0, 0.05) is 25.1 Å². The van der Waals surface area contributed by atoms with Crippen LogP contribution in [0, 0.1) is 0 Å². The summed E-state index contributed by atoms with van der Waals surface area (Å²) in [4.78, 5) is 41.3. The fourth-order valence-electron chi connectivity index (χ4n) is 3.95. The van der Waals surface area contributed by atoms with Crippen LogP contribution >= 0.6 is 11.8 Å². The fraction of sp³-hybridized carbons (Fsp3) is 0.280. The summed E-state index contributed by atoms with van der Waals surface area (Å²) < 4.78 is 12.9. The zero-order chi connectivity index (χ0) is 24.9.